The molecule has 0 heterocycles. The van der Waals surface area contributed by atoms with Gasteiger partial charge in [0.1, 0.15) is 0 Å². The van der Waals surface area contributed by atoms with Crippen LogP contribution < -0.4 is 0 Å². The molecule has 2 nitrogen and oxygen atoms in total. The number of rotatable bonds is 5. The van der Waals surface area contributed by atoms with Crippen molar-refractivity contribution in [3.8, 4) is 0 Å². The van der Waals surface area contributed by atoms with Gasteiger partial charge in [-0.15, -0.1) is 0 Å². The van der Waals surface area contributed by atoms with E-state index in [2.05, 4.69) is 6.92 Å². The topological polar surface area (TPSA) is 18.5 Å². The Morgan fingerprint density at radius 1 is 1.25 bits per heavy atom. The molecule has 0 aromatic rings. The van der Waals surface area contributed by atoms with Gasteiger partial charge in [-0.25, -0.2) is 0 Å². The number of hydrogen-bond acceptors (Lipinski definition) is 2. The lowest BCUT2D eigenvalue weighted by Crippen LogP contribution is -2.46. The summed E-state index contributed by atoms with van der Waals surface area (Å²) in [4.78, 5) is 0. The van der Waals surface area contributed by atoms with Crippen molar-refractivity contribution < 1.29 is 9.47 Å². The highest BCUT2D eigenvalue weighted by atomic mass is 16.5. The minimum Gasteiger partial charge on any atom is -0.384 e. The molecular weight excluding hydrogens is 152 g/mol. The third kappa shape index (κ3) is 1.64. The van der Waals surface area contributed by atoms with E-state index in [1.807, 2.05) is 0 Å². The molecule has 0 bridgehead atoms. The third-order valence-corrected chi connectivity index (χ3v) is 3.21. The lowest BCUT2D eigenvalue weighted by atomic mass is 9.60. The zero-order valence-electron chi connectivity index (χ0n) is 8.43. The summed E-state index contributed by atoms with van der Waals surface area (Å²) >= 11 is 0. The van der Waals surface area contributed by atoms with Gasteiger partial charge in [0.15, 0.2) is 0 Å². The van der Waals surface area contributed by atoms with Crippen LogP contribution in [0, 0.1) is 11.3 Å². The van der Waals surface area contributed by atoms with E-state index in [1.165, 1.54) is 19.3 Å². The van der Waals surface area contributed by atoms with E-state index in [1.54, 1.807) is 14.2 Å². The van der Waals surface area contributed by atoms with E-state index >= 15 is 0 Å². The number of ether oxygens (including phenoxy) is 2. The van der Waals surface area contributed by atoms with Gasteiger partial charge in [-0.2, -0.15) is 0 Å². The first kappa shape index (κ1) is 10.0. The molecule has 0 spiro atoms. The predicted molar refractivity (Wildman–Crippen MR) is 49.2 cm³/mol. The monoisotopic (exact) mass is 172 g/mol. The first-order chi connectivity index (χ1) is 5.79. The Bertz CT molecular complexity index is 126. The molecule has 1 unspecified atom stereocenters. The molecule has 1 rings (SSSR count). The Kier molecular flexibility index (Phi) is 3.53. The Labute approximate surface area is 75.2 Å². The molecule has 0 radical (unpaired) electrons. The van der Waals surface area contributed by atoms with E-state index in [-0.39, 0.29) is 0 Å². The average Bonchev–Trinajstić information content (AvgIpc) is 2.03. The minimum atomic E-state index is 0.345. The average molecular weight is 172 g/mol. The molecule has 0 amide bonds. The fraction of sp³-hybridized carbons (Fsp3) is 1.00. The third-order valence-electron chi connectivity index (χ3n) is 3.21. The summed E-state index contributed by atoms with van der Waals surface area (Å²) in [6, 6.07) is 0. The molecule has 1 saturated carbocycles. The zero-order valence-corrected chi connectivity index (χ0v) is 8.43. The van der Waals surface area contributed by atoms with Crippen LogP contribution in [0.1, 0.15) is 26.2 Å². The number of methoxy groups -OCH3 is 2. The van der Waals surface area contributed by atoms with Crippen LogP contribution in [0.15, 0.2) is 0 Å². The lowest BCUT2D eigenvalue weighted by molar-refractivity contribution is -0.0915. The van der Waals surface area contributed by atoms with Crippen LogP contribution in [0.25, 0.3) is 0 Å². The van der Waals surface area contributed by atoms with Crippen molar-refractivity contribution in [2.24, 2.45) is 11.3 Å². The fourth-order valence-electron chi connectivity index (χ4n) is 2.39. The van der Waals surface area contributed by atoms with Crippen LogP contribution in [-0.4, -0.2) is 27.4 Å². The van der Waals surface area contributed by atoms with Crippen molar-refractivity contribution >= 4 is 0 Å². The second kappa shape index (κ2) is 4.24. The van der Waals surface area contributed by atoms with E-state index in [0.29, 0.717) is 5.41 Å². The van der Waals surface area contributed by atoms with Crippen LogP contribution >= 0.6 is 0 Å². The maximum atomic E-state index is 5.25. The summed E-state index contributed by atoms with van der Waals surface area (Å²) in [5, 5.41) is 0. The van der Waals surface area contributed by atoms with Crippen molar-refractivity contribution in [1.29, 1.82) is 0 Å². The molecule has 1 aliphatic rings. The smallest absolute Gasteiger partial charge is 0.0543 e. The summed E-state index contributed by atoms with van der Waals surface area (Å²) < 4.78 is 10.5. The number of hydrogen-bond donors (Lipinski definition) is 0. The normalized spacial score (nSPS) is 26.8. The zero-order chi connectivity index (χ0) is 9.03. The molecule has 72 valence electrons. The summed E-state index contributed by atoms with van der Waals surface area (Å²) in [6.07, 6.45) is 3.88. The van der Waals surface area contributed by atoms with E-state index in [4.69, 9.17) is 9.47 Å². The molecule has 1 atom stereocenters. The first-order valence-electron chi connectivity index (χ1n) is 4.77. The lowest BCUT2D eigenvalue weighted by Gasteiger charge is -2.48. The van der Waals surface area contributed by atoms with Crippen molar-refractivity contribution in [2.45, 2.75) is 26.2 Å². The van der Waals surface area contributed by atoms with Gasteiger partial charge in [0.2, 0.25) is 0 Å². The molecule has 12 heavy (non-hydrogen) atoms. The highest BCUT2D eigenvalue weighted by Gasteiger charge is 2.45. The highest BCUT2D eigenvalue weighted by molar-refractivity contribution is 4.94. The van der Waals surface area contributed by atoms with Gasteiger partial charge in [-0.05, 0) is 18.8 Å². The van der Waals surface area contributed by atoms with Crippen LogP contribution in [0.5, 0.6) is 0 Å². The van der Waals surface area contributed by atoms with Crippen LogP contribution in [-0.2, 0) is 9.47 Å². The Balaban J connectivity index is 2.47. The molecule has 0 aromatic heterocycles. The van der Waals surface area contributed by atoms with Crippen molar-refractivity contribution in [3.05, 3.63) is 0 Å². The van der Waals surface area contributed by atoms with Gasteiger partial charge in [-0.3, -0.25) is 0 Å². The van der Waals surface area contributed by atoms with Crippen LogP contribution in [0.2, 0.25) is 0 Å². The Hall–Kier alpha value is -0.0800. The summed E-state index contributed by atoms with van der Waals surface area (Å²) in [5.74, 6) is 0.817. The van der Waals surface area contributed by atoms with Gasteiger partial charge >= 0.3 is 0 Å². The van der Waals surface area contributed by atoms with Gasteiger partial charge in [-0.1, -0.05) is 13.3 Å². The quantitative estimate of drug-likeness (QED) is 0.632. The molecule has 0 aromatic carbocycles. The molecule has 1 aliphatic carbocycles. The summed E-state index contributed by atoms with van der Waals surface area (Å²) in [7, 11) is 3.56. The molecule has 2 heteroatoms. The second-order valence-corrected chi connectivity index (χ2v) is 3.87. The second-order valence-electron chi connectivity index (χ2n) is 3.87. The van der Waals surface area contributed by atoms with Crippen molar-refractivity contribution in [3.63, 3.8) is 0 Å². The van der Waals surface area contributed by atoms with Gasteiger partial charge < -0.3 is 9.47 Å². The maximum absolute atomic E-state index is 5.25. The fourth-order valence-corrected chi connectivity index (χ4v) is 2.39. The Morgan fingerprint density at radius 3 is 2.08 bits per heavy atom. The van der Waals surface area contributed by atoms with E-state index in [9.17, 15) is 0 Å². The molecular formula is C10H20O2. The van der Waals surface area contributed by atoms with Gasteiger partial charge in [0.05, 0.1) is 13.2 Å². The van der Waals surface area contributed by atoms with E-state index in [0.717, 1.165) is 19.1 Å². The van der Waals surface area contributed by atoms with Gasteiger partial charge in [0.25, 0.3) is 0 Å². The molecule has 0 N–H and O–H groups in total. The standard InChI is InChI=1S/C10H20O2/c1-4-9-5-6-10(9,7-11-2)8-12-3/h9H,4-8H2,1-3H3. The first-order valence-corrected chi connectivity index (χ1v) is 4.77. The molecule has 0 aliphatic heterocycles. The van der Waals surface area contributed by atoms with Crippen molar-refractivity contribution in [2.75, 3.05) is 27.4 Å². The van der Waals surface area contributed by atoms with Crippen molar-refractivity contribution in [1.82, 2.24) is 0 Å². The SMILES string of the molecule is CCC1CCC1(COC)COC. The maximum Gasteiger partial charge on any atom is 0.0543 e. The van der Waals surface area contributed by atoms with Crippen LogP contribution in [0.3, 0.4) is 0 Å². The van der Waals surface area contributed by atoms with Crippen LogP contribution in [0.4, 0.5) is 0 Å². The predicted octanol–water partition coefficient (Wildman–Crippen LogP) is 2.09. The summed E-state index contributed by atoms with van der Waals surface area (Å²) in [6.45, 7) is 3.97. The molecule has 1 fully saturated rings. The van der Waals surface area contributed by atoms with Gasteiger partial charge in [0, 0.05) is 19.6 Å². The van der Waals surface area contributed by atoms with E-state index < -0.39 is 0 Å². The Morgan fingerprint density at radius 2 is 1.83 bits per heavy atom. The highest BCUT2D eigenvalue weighted by Crippen LogP contribution is 2.48. The minimum absolute atomic E-state index is 0.345. The molecule has 0 saturated heterocycles. The largest absolute Gasteiger partial charge is 0.384 e. The summed E-state index contributed by atoms with van der Waals surface area (Å²) in [5.41, 5.74) is 0.345.